The van der Waals surface area contributed by atoms with Crippen LogP contribution in [0.3, 0.4) is 0 Å². The molecule has 2 heteroatoms. The first-order valence-corrected chi connectivity index (χ1v) is 8.39. The van der Waals surface area contributed by atoms with E-state index in [1.54, 1.807) is 0 Å². The lowest BCUT2D eigenvalue weighted by Gasteiger charge is -2.63. The molecular formula is C18H27NO. The van der Waals surface area contributed by atoms with Crippen molar-refractivity contribution in [1.29, 1.82) is 0 Å². The molecule has 3 fully saturated rings. The molecule has 5 atom stereocenters. The second-order valence-electron chi connectivity index (χ2n) is 7.44. The van der Waals surface area contributed by atoms with Crippen molar-refractivity contribution in [3.05, 3.63) is 24.0 Å². The molecule has 3 aliphatic carbocycles. The van der Waals surface area contributed by atoms with Gasteiger partial charge in [-0.1, -0.05) is 18.9 Å². The summed E-state index contributed by atoms with van der Waals surface area (Å²) in [5, 5.41) is 0. The van der Waals surface area contributed by atoms with Crippen LogP contribution in [0.2, 0.25) is 0 Å². The van der Waals surface area contributed by atoms with Crippen molar-refractivity contribution >= 4 is 0 Å². The molecule has 4 rings (SSSR count). The lowest BCUT2D eigenvalue weighted by atomic mass is 9.47. The zero-order chi connectivity index (χ0) is 13.7. The largest absolute Gasteiger partial charge is 0.497 e. The van der Waals surface area contributed by atoms with Gasteiger partial charge in [-0.15, -0.1) is 0 Å². The molecule has 4 aliphatic rings. The average molecular weight is 273 g/mol. The molecule has 0 amide bonds. The molecule has 2 saturated carbocycles. The van der Waals surface area contributed by atoms with Gasteiger partial charge in [-0.3, -0.25) is 0 Å². The standard InChI is InChI=1S/C18H27NO/c1-19-10-9-18-8-4-3-5-15(18)17(19)11-13-6-7-14(20-2)12-16(13)18/h6-7,12-13,15-17H,3-5,8-11H2,1-2H3/t13?,15-,16?,17+,18+/m1/s1. The predicted octanol–water partition coefficient (Wildman–Crippen LogP) is 3.60. The fourth-order valence-electron chi connectivity index (χ4n) is 5.89. The number of likely N-dealkylation sites (tertiary alicyclic amines) is 1. The third-order valence-electron chi connectivity index (χ3n) is 6.83. The lowest BCUT2D eigenvalue weighted by Crippen LogP contribution is -2.61. The first-order chi connectivity index (χ1) is 9.74. The molecule has 0 aromatic rings. The molecule has 0 N–H and O–H groups in total. The quantitative estimate of drug-likeness (QED) is 0.724. The zero-order valence-electron chi connectivity index (χ0n) is 12.8. The Morgan fingerprint density at radius 3 is 3.05 bits per heavy atom. The molecule has 0 aromatic carbocycles. The minimum atomic E-state index is 0.576. The Labute approximate surface area is 122 Å². The average Bonchev–Trinajstić information content (AvgIpc) is 2.50. The van der Waals surface area contributed by atoms with Gasteiger partial charge in [0, 0.05) is 6.04 Å². The maximum atomic E-state index is 5.54. The fourth-order valence-corrected chi connectivity index (χ4v) is 5.89. The predicted molar refractivity (Wildman–Crippen MR) is 81.3 cm³/mol. The first-order valence-electron chi connectivity index (χ1n) is 8.39. The van der Waals surface area contributed by atoms with Crippen LogP contribution in [0.1, 0.15) is 38.5 Å². The number of methoxy groups -OCH3 is 1. The van der Waals surface area contributed by atoms with Crippen LogP contribution < -0.4 is 0 Å². The van der Waals surface area contributed by atoms with E-state index >= 15 is 0 Å². The highest BCUT2D eigenvalue weighted by Crippen LogP contribution is 2.61. The van der Waals surface area contributed by atoms with E-state index in [4.69, 9.17) is 4.74 Å². The zero-order valence-corrected chi connectivity index (χ0v) is 12.8. The van der Waals surface area contributed by atoms with Crippen LogP contribution in [0.15, 0.2) is 24.0 Å². The van der Waals surface area contributed by atoms with Crippen molar-refractivity contribution in [3.8, 4) is 0 Å². The van der Waals surface area contributed by atoms with E-state index in [1.807, 2.05) is 7.11 Å². The maximum absolute atomic E-state index is 5.54. The topological polar surface area (TPSA) is 12.5 Å². The van der Waals surface area contributed by atoms with E-state index in [9.17, 15) is 0 Å². The number of hydrogen-bond donors (Lipinski definition) is 0. The Morgan fingerprint density at radius 2 is 2.20 bits per heavy atom. The summed E-state index contributed by atoms with van der Waals surface area (Å²) >= 11 is 0. The van der Waals surface area contributed by atoms with Crippen LogP contribution in [0.4, 0.5) is 0 Å². The first kappa shape index (κ1) is 12.9. The molecule has 1 aliphatic heterocycles. The van der Waals surface area contributed by atoms with Crippen LogP contribution >= 0.6 is 0 Å². The van der Waals surface area contributed by atoms with Crippen LogP contribution in [-0.2, 0) is 4.74 Å². The summed E-state index contributed by atoms with van der Waals surface area (Å²) in [6, 6.07) is 0.826. The monoisotopic (exact) mass is 273 g/mol. The van der Waals surface area contributed by atoms with Crippen LogP contribution in [0.5, 0.6) is 0 Å². The number of ether oxygens (including phenoxy) is 1. The summed E-state index contributed by atoms with van der Waals surface area (Å²) in [5.74, 6) is 3.51. The second-order valence-corrected chi connectivity index (χ2v) is 7.44. The molecule has 110 valence electrons. The van der Waals surface area contributed by atoms with Crippen molar-refractivity contribution in [2.45, 2.75) is 44.6 Å². The molecule has 1 saturated heterocycles. The van der Waals surface area contributed by atoms with Gasteiger partial charge < -0.3 is 9.64 Å². The molecule has 0 radical (unpaired) electrons. The van der Waals surface area contributed by atoms with Gasteiger partial charge >= 0.3 is 0 Å². The summed E-state index contributed by atoms with van der Waals surface area (Å²) in [6.45, 7) is 1.30. The minimum Gasteiger partial charge on any atom is -0.497 e. The number of fused-ring (bicyclic) bond motifs is 1. The highest BCUT2D eigenvalue weighted by molar-refractivity contribution is 5.27. The SMILES string of the molecule is COC1=CC2C(C=C1)C[C@H]1[C@H]3CCCC[C@@]23CCN1C. The van der Waals surface area contributed by atoms with Gasteiger partial charge in [0.15, 0.2) is 0 Å². The smallest absolute Gasteiger partial charge is 0.114 e. The van der Waals surface area contributed by atoms with E-state index in [0.29, 0.717) is 5.41 Å². The molecule has 0 spiro atoms. The Hall–Kier alpha value is -0.760. The van der Waals surface area contributed by atoms with Crippen LogP contribution in [-0.4, -0.2) is 31.6 Å². The molecule has 2 nitrogen and oxygen atoms in total. The Bertz CT molecular complexity index is 454. The fraction of sp³-hybridized carbons (Fsp3) is 0.778. The Kier molecular flexibility index (Phi) is 2.99. The normalized spacial score (nSPS) is 47.2. The van der Waals surface area contributed by atoms with E-state index in [2.05, 4.69) is 30.2 Å². The van der Waals surface area contributed by atoms with Crippen LogP contribution in [0.25, 0.3) is 0 Å². The molecule has 1 heterocycles. The van der Waals surface area contributed by atoms with Gasteiger partial charge in [0.05, 0.1) is 7.11 Å². The van der Waals surface area contributed by atoms with E-state index in [0.717, 1.165) is 29.6 Å². The second kappa shape index (κ2) is 4.62. The van der Waals surface area contributed by atoms with E-state index in [1.165, 1.54) is 45.1 Å². The molecule has 2 unspecified atom stereocenters. The van der Waals surface area contributed by atoms with E-state index in [-0.39, 0.29) is 0 Å². The third-order valence-corrected chi connectivity index (χ3v) is 6.83. The van der Waals surface area contributed by atoms with Crippen molar-refractivity contribution in [3.63, 3.8) is 0 Å². The summed E-state index contributed by atoms with van der Waals surface area (Å²) < 4.78 is 5.54. The highest BCUT2D eigenvalue weighted by Gasteiger charge is 2.57. The lowest BCUT2D eigenvalue weighted by molar-refractivity contribution is -0.114. The Balaban J connectivity index is 1.76. The molecule has 20 heavy (non-hydrogen) atoms. The molecular weight excluding hydrogens is 246 g/mol. The molecule has 2 bridgehead atoms. The third kappa shape index (κ3) is 1.67. The number of hydrogen-bond acceptors (Lipinski definition) is 2. The maximum Gasteiger partial charge on any atom is 0.114 e. The van der Waals surface area contributed by atoms with Crippen molar-refractivity contribution in [2.24, 2.45) is 23.2 Å². The summed E-state index contributed by atoms with van der Waals surface area (Å²) in [7, 11) is 4.17. The summed E-state index contributed by atoms with van der Waals surface area (Å²) in [6.07, 6.45) is 15.7. The van der Waals surface area contributed by atoms with E-state index < -0.39 is 0 Å². The molecule has 0 aromatic heterocycles. The van der Waals surface area contributed by atoms with Gasteiger partial charge in [-0.25, -0.2) is 0 Å². The number of nitrogens with zero attached hydrogens (tertiary/aromatic N) is 1. The summed E-state index contributed by atoms with van der Waals surface area (Å²) in [5.41, 5.74) is 0.576. The van der Waals surface area contributed by atoms with Gasteiger partial charge in [-0.05, 0) is 74.6 Å². The Morgan fingerprint density at radius 1 is 1.30 bits per heavy atom. The highest BCUT2D eigenvalue weighted by atomic mass is 16.5. The van der Waals surface area contributed by atoms with Gasteiger partial charge in [-0.2, -0.15) is 0 Å². The van der Waals surface area contributed by atoms with Crippen molar-refractivity contribution in [2.75, 3.05) is 20.7 Å². The van der Waals surface area contributed by atoms with Gasteiger partial charge in [0.25, 0.3) is 0 Å². The van der Waals surface area contributed by atoms with Crippen LogP contribution in [0, 0.1) is 23.2 Å². The van der Waals surface area contributed by atoms with Gasteiger partial charge in [0.2, 0.25) is 0 Å². The van der Waals surface area contributed by atoms with Crippen molar-refractivity contribution < 1.29 is 4.74 Å². The minimum absolute atomic E-state index is 0.576. The number of rotatable bonds is 1. The van der Waals surface area contributed by atoms with Crippen molar-refractivity contribution in [1.82, 2.24) is 4.90 Å². The summed E-state index contributed by atoms with van der Waals surface area (Å²) in [4.78, 5) is 2.66. The number of piperidine rings is 1. The van der Waals surface area contributed by atoms with Gasteiger partial charge in [0.1, 0.15) is 5.76 Å². The number of allylic oxidation sites excluding steroid dienone is 3.